The summed E-state index contributed by atoms with van der Waals surface area (Å²) in [5, 5.41) is 4.35. The van der Waals surface area contributed by atoms with Crippen LogP contribution < -0.4 is 5.32 Å². The van der Waals surface area contributed by atoms with Gasteiger partial charge in [-0.3, -0.25) is 4.79 Å². The predicted octanol–water partition coefficient (Wildman–Crippen LogP) is 5.72. The molecule has 0 saturated heterocycles. The van der Waals surface area contributed by atoms with Crippen LogP contribution in [-0.2, 0) is 0 Å². The van der Waals surface area contributed by atoms with Crippen LogP contribution in [0.3, 0.4) is 0 Å². The molecule has 0 aliphatic rings. The normalized spacial score (nSPS) is 10.9. The fourth-order valence-corrected chi connectivity index (χ4v) is 2.81. The summed E-state index contributed by atoms with van der Waals surface area (Å²) in [5.41, 5.74) is 3.10. The number of hydrogen-bond donors (Lipinski definition) is 1. The molecule has 0 unspecified atom stereocenters. The van der Waals surface area contributed by atoms with Crippen molar-refractivity contribution in [2.45, 2.75) is 13.8 Å². The van der Waals surface area contributed by atoms with E-state index in [4.69, 9.17) is 16.0 Å². The van der Waals surface area contributed by atoms with Crippen LogP contribution in [-0.4, -0.2) is 5.91 Å². The summed E-state index contributed by atoms with van der Waals surface area (Å²) in [6.45, 7) is 3.78. The molecule has 22 heavy (non-hydrogen) atoms. The highest BCUT2D eigenvalue weighted by atomic mass is 79.9. The van der Waals surface area contributed by atoms with Gasteiger partial charge < -0.3 is 9.73 Å². The molecule has 3 aromatic rings. The number of halogens is 2. The van der Waals surface area contributed by atoms with Gasteiger partial charge in [-0.15, -0.1) is 0 Å². The molecular weight excluding hydrogens is 366 g/mol. The number of fused-ring (bicyclic) bond motifs is 1. The number of carbonyl (C=O) groups excluding carboxylic acids is 1. The quantitative estimate of drug-likeness (QED) is 0.620. The van der Waals surface area contributed by atoms with Crippen LogP contribution in [0.15, 0.2) is 45.3 Å². The molecule has 1 N–H and O–H groups in total. The van der Waals surface area contributed by atoms with Gasteiger partial charge in [0.05, 0.1) is 0 Å². The summed E-state index contributed by atoms with van der Waals surface area (Å²) in [4.78, 5) is 12.4. The van der Waals surface area contributed by atoms with Crippen molar-refractivity contribution in [2.75, 3.05) is 5.32 Å². The van der Waals surface area contributed by atoms with Crippen molar-refractivity contribution in [3.05, 3.63) is 62.8 Å². The third kappa shape index (κ3) is 2.76. The highest BCUT2D eigenvalue weighted by molar-refractivity contribution is 9.10. The van der Waals surface area contributed by atoms with E-state index in [1.54, 1.807) is 6.07 Å². The standard InChI is InChI=1S/C17H13BrClNO2/c1-9-3-5-12(8-14(9)19)20-17(21)16-10(2)13-7-11(18)4-6-15(13)22-16/h3-8H,1-2H3,(H,20,21). The minimum absolute atomic E-state index is 0.287. The minimum atomic E-state index is -0.287. The van der Waals surface area contributed by atoms with Crippen LogP contribution in [0.5, 0.6) is 0 Å². The van der Waals surface area contributed by atoms with Crippen molar-refractivity contribution in [1.82, 2.24) is 0 Å². The second kappa shape index (κ2) is 5.78. The molecule has 0 atom stereocenters. The lowest BCUT2D eigenvalue weighted by atomic mass is 10.1. The summed E-state index contributed by atoms with van der Waals surface area (Å²) in [6.07, 6.45) is 0. The van der Waals surface area contributed by atoms with Crippen LogP contribution in [0.1, 0.15) is 21.7 Å². The number of aryl methyl sites for hydroxylation is 2. The third-order valence-corrected chi connectivity index (χ3v) is 4.43. The second-order valence-electron chi connectivity index (χ2n) is 5.11. The largest absolute Gasteiger partial charge is 0.451 e. The molecule has 0 spiro atoms. The average Bonchev–Trinajstić information content (AvgIpc) is 2.80. The Balaban J connectivity index is 1.95. The van der Waals surface area contributed by atoms with Crippen molar-refractivity contribution >= 4 is 50.1 Å². The molecule has 0 aliphatic carbocycles. The second-order valence-corrected chi connectivity index (χ2v) is 6.44. The van der Waals surface area contributed by atoms with E-state index in [-0.39, 0.29) is 5.91 Å². The molecule has 1 amide bonds. The fourth-order valence-electron chi connectivity index (χ4n) is 2.27. The summed E-state index contributed by atoms with van der Waals surface area (Å²) < 4.78 is 6.62. The first-order chi connectivity index (χ1) is 10.5. The number of anilines is 1. The minimum Gasteiger partial charge on any atom is -0.451 e. The molecule has 1 heterocycles. The first-order valence-electron chi connectivity index (χ1n) is 6.72. The van der Waals surface area contributed by atoms with Crippen LogP contribution in [0.25, 0.3) is 11.0 Å². The van der Waals surface area contributed by atoms with E-state index in [2.05, 4.69) is 21.2 Å². The zero-order chi connectivity index (χ0) is 15.9. The zero-order valence-corrected chi connectivity index (χ0v) is 14.4. The first-order valence-corrected chi connectivity index (χ1v) is 7.89. The maximum absolute atomic E-state index is 12.4. The fraction of sp³-hybridized carbons (Fsp3) is 0.118. The first kappa shape index (κ1) is 15.1. The van der Waals surface area contributed by atoms with Gasteiger partial charge in [-0.25, -0.2) is 0 Å². The Labute approximate surface area is 141 Å². The smallest absolute Gasteiger partial charge is 0.291 e. The van der Waals surface area contributed by atoms with E-state index in [0.717, 1.165) is 21.0 Å². The predicted molar refractivity (Wildman–Crippen MR) is 92.8 cm³/mol. The Kier molecular flexibility index (Phi) is 3.98. The number of hydrogen-bond acceptors (Lipinski definition) is 2. The van der Waals surface area contributed by atoms with Gasteiger partial charge in [-0.2, -0.15) is 0 Å². The topological polar surface area (TPSA) is 42.2 Å². The van der Waals surface area contributed by atoms with Crippen LogP contribution in [0.4, 0.5) is 5.69 Å². The van der Waals surface area contributed by atoms with E-state index < -0.39 is 0 Å². The number of benzene rings is 2. The monoisotopic (exact) mass is 377 g/mol. The third-order valence-electron chi connectivity index (χ3n) is 3.53. The molecule has 1 aromatic heterocycles. The van der Waals surface area contributed by atoms with Crippen LogP contribution in [0.2, 0.25) is 5.02 Å². The number of amides is 1. The zero-order valence-electron chi connectivity index (χ0n) is 12.0. The van der Waals surface area contributed by atoms with Crippen molar-refractivity contribution in [2.24, 2.45) is 0 Å². The Bertz CT molecular complexity index is 886. The Morgan fingerprint density at radius 1 is 1.18 bits per heavy atom. The van der Waals surface area contributed by atoms with Gasteiger partial charge in [0.1, 0.15) is 5.58 Å². The van der Waals surface area contributed by atoms with Crippen molar-refractivity contribution < 1.29 is 9.21 Å². The Morgan fingerprint density at radius 3 is 2.68 bits per heavy atom. The molecule has 2 aromatic carbocycles. The number of furan rings is 1. The van der Waals surface area contributed by atoms with Gasteiger partial charge in [-0.05, 0) is 49.7 Å². The Hall–Kier alpha value is -1.78. The van der Waals surface area contributed by atoms with E-state index in [1.807, 2.05) is 44.2 Å². The molecule has 3 nitrogen and oxygen atoms in total. The van der Waals surface area contributed by atoms with E-state index in [0.29, 0.717) is 22.1 Å². The lowest BCUT2D eigenvalue weighted by Crippen LogP contribution is -2.12. The summed E-state index contributed by atoms with van der Waals surface area (Å²) >= 11 is 9.50. The highest BCUT2D eigenvalue weighted by Crippen LogP contribution is 2.29. The van der Waals surface area contributed by atoms with Gasteiger partial charge in [0.25, 0.3) is 5.91 Å². The molecule has 3 rings (SSSR count). The Morgan fingerprint density at radius 2 is 1.95 bits per heavy atom. The SMILES string of the molecule is Cc1ccc(NC(=O)c2oc3ccc(Br)cc3c2C)cc1Cl. The number of carbonyl (C=O) groups is 1. The van der Waals surface area contributed by atoms with Crippen LogP contribution in [0, 0.1) is 13.8 Å². The molecule has 112 valence electrons. The lowest BCUT2D eigenvalue weighted by Gasteiger charge is -2.05. The molecule has 0 bridgehead atoms. The lowest BCUT2D eigenvalue weighted by molar-refractivity contribution is 0.0998. The highest BCUT2D eigenvalue weighted by Gasteiger charge is 2.18. The van der Waals surface area contributed by atoms with Gasteiger partial charge in [0.15, 0.2) is 5.76 Å². The van der Waals surface area contributed by atoms with Gasteiger partial charge >= 0.3 is 0 Å². The maximum Gasteiger partial charge on any atom is 0.291 e. The van der Waals surface area contributed by atoms with E-state index in [9.17, 15) is 4.79 Å². The number of rotatable bonds is 2. The molecule has 0 fully saturated rings. The van der Waals surface area contributed by atoms with E-state index in [1.165, 1.54) is 0 Å². The molecular formula is C17H13BrClNO2. The summed E-state index contributed by atoms with van der Waals surface area (Å²) in [5.74, 6) is 0.0227. The van der Waals surface area contributed by atoms with Crippen molar-refractivity contribution in [3.63, 3.8) is 0 Å². The molecule has 0 saturated carbocycles. The summed E-state index contributed by atoms with van der Waals surface area (Å²) in [7, 11) is 0. The maximum atomic E-state index is 12.4. The van der Waals surface area contributed by atoms with Gasteiger partial charge in [-0.1, -0.05) is 33.6 Å². The van der Waals surface area contributed by atoms with Gasteiger partial charge in [0.2, 0.25) is 0 Å². The summed E-state index contributed by atoms with van der Waals surface area (Å²) in [6, 6.07) is 11.1. The van der Waals surface area contributed by atoms with Crippen LogP contribution >= 0.6 is 27.5 Å². The van der Waals surface area contributed by atoms with E-state index >= 15 is 0 Å². The van der Waals surface area contributed by atoms with Crippen molar-refractivity contribution in [3.8, 4) is 0 Å². The van der Waals surface area contributed by atoms with Gasteiger partial charge in [0, 0.05) is 26.1 Å². The molecule has 5 heteroatoms. The molecule has 0 radical (unpaired) electrons. The number of nitrogens with one attached hydrogen (secondary N) is 1. The average molecular weight is 379 g/mol. The molecule has 0 aliphatic heterocycles. The van der Waals surface area contributed by atoms with Crippen molar-refractivity contribution in [1.29, 1.82) is 0 Å².